The molecule has 2 heterocycles. The lowest BCUT2D eigenvalue weighted by molar-refractivity contribution is -0.130. The SMILES string of the molecule is O=C(/C=C/c1ccc(Cl)c(Cl)c1)N1CCC(=O)N(CCCN2CCOCC2)CC1. The normalized spacial score (nSPS) is 19.0. The first-order valence-corrected chi connectivity index (χ1v) is 10.8. The molecule has 2 aliphatic heterocycles. The number of halogens is 2. The lowest BCUT2D eigenvalue weighted by Gasteiger charge is -2.28. The fourth-order valence-electron chi connectivity index (χ4n) is 3.52. The van der Waals surface area contributed by atoms with E-state index in [2.05, 4.69) is 4.90 Å². The highest BCUT2D eigenvalue weighted by molar-refractivity contribution is 6.42. The van der Waals surface area contributed by atoms with Crippen LogP contribution in [0.15, 0.2) is 24.3 Å². The van der Waals surface area contributed by atoms with Crippen LogP contribution in [0, 0.1) is 0 Å². The highest BCUT2D eigenvalue weighted by Gasteiger charge is 2.22. The second-order valence-corrected chi connectivity index (χ2v) is 8.08. The van der Waals surface area contributed by atoms with Crippen LogP contribution in [0.5, 0.6) is 0 Å². The first kappa shape index (κ1) is 22.1. The Hall–Kier alpha value is -1.60. The van der Waals surface area contributed by atoms with Gasteiger partial charge in [-0.05, 0) is 30.2 Å². The molecule has 0 saturated carbocycles. The molecule has 0 radical (unpaired) electrons. The highest BCUT2D eigenvalue weighted by Crippen LogP contribution is 2.23. The molecule has 0 atom stereocenters. The van der Waals surface area contributed by atoms with E-state index in [9.17, 15) is 9.59 Å². The molecule has 8 heteroatoms. The fraction of sp³-hybridized carbons (Fsp3) is 0.524. The summed E-state index contributed by atoms with van der Waals surface area (Å²) in [5.74, 6) is 0.0229. The van der Waals surface area contributed by atoms with Gasteiger partial charge in [0.2, 0.25) is 11.8 Å². The fourth-order valence-corrected chi connectivity index (χ4v) is 3.83. The number of carbonyl (C=O) groups is 2. The van der Waals surface area contributed by atoms with Gasteiger partial charge in [0.15, 0.2) is 0 Å². The topological polar surface area (TPSA) is 53.1 Å². The minimum absolute atomic E-state index is 0.0981. The number of ether oxygens (including phenoxy) is 1. The Morgan fingerprint density at radius 3 is 2.59 bits per heavy atom. The van der Waals surface area contributed by atoms with Crippen molar-refractivity contribution in [3.8, 4) is 0 Å². The molecule has 0 bridgehead atoms. The van der Waals surface area contributed by atoms with Gasteiger partial charge in [0, 0.05) is 58.3 Å². The summed E-state index contributed by atoms with van der Waals surface area (Å²) in [5.41, 5.74) is 0.809. The Kier molecular flexibility index (Phi) is 8.36. The summed E-state index contributed by atoms with van der Waals surface area (Å²) in [4.78, 5) is 31.0. The Bertz CT molecular complexity index is 751. The van der Waals surface area contributed by atoms with E-state index in [0.717, 1.165) is 51.4 Å². The van der Waals surface area contributed by atoms with Crippen molar-refractivity contribution in [1.29, 1.82) is 0 Å². The van der Waals surface area contributed by atoms with Gasteiger partial charge in [-0.1, -0.05) is 29.3 Å². The minimum Gasteiger partial charge on any atom is -0.379 e. The largest absolute Gasteiger partial charge is 0.379 e. The molecule has 1 aromatic rings. The number of morpholine rings is 1. The predicted molar refractivity (Wildman–Crippen MR) is 115 cm³/mol. The number of carbonyl (C=O) groups excluding carboxylic acids is 2. The highest BCUT2D eigenvalue weighted by atomic mass is 35.5. The molecule has 2 fully saturated rings. The summed E-state index contributed by atoms with van der Waals surface area (Å²) in [6, 6.07) is 5.23. The van der Waals surface area contributed by atoms with Crippen LogP contribution < -0.4 is 0 Å². The van der Waals surface area contributed by atoms with Gasteiger partial charge >= 0.3 is 0 Å². The standard InChI is InChI=1S/C21H27Cl2N3O3/c22-18-4-2-17(16-19(18)23)3-5-20(27)26-9-6-21(28)25(10-11-26)8-1-7-24-12-14-29-15-13-24/h2-5,16H,1,6-15H2/b5-3+. The molecule has 2 saturated heterocycles. The van der Waals surface area contributed by atoms with Crippen molar-refractivity contribution in [3.05, 3.63) is 39.9 Å². The van der Waals surface area contributed by atoms with E-state index in [1.54, 1.807) is 29.2 Å². The quantitative estimate of drug-likeness (QED) is 0.639. The lowest BCUT2D eigenvalue weighted by atomic mass is 10.2. The number of rotatable bonds is 6. The molecular formula is C21H27Cl2N3O3. The van der Waals surface area contributed by atoms with Crippen molar-refractivity contribution in [2.45, 2.75) is 12.8 Å². The van der Waals surface area contributed by atoms with E-state index >= 15 is 0 Å². The van der Waals surface area contributed by atoms with Crippen LogP contribution in [0.3, 0.4) is 0 Å². The van der Waals surface area contributed by atoms with Gasteiger partial charge in [-0.25, -0.2) is 0 Å². The smallest absolute Gasteiger partial charge is 0.246 e. The maximum Gasteiger partial charge on any atom is 0.246 e. The number of nitrogens with zero attached hydrogens (tertiary/aromatic N) is 3. The van der Waals surface area contributed by atoms with Gasteiger partial charge in [-0.2, -0.15) is 0 Å². The molecule has 1 aromatic carbocycles. The summed E-state index contributed by atoms with van der Waals surface area (Å²) < 4.78 is 5.36. The maximum atomic E-state index is 12.5. The Morgan fingerprint density at radius 2 is 1.83 bits per heavy atom. The second kappa shape index (κ2) is 11.0. The molecule has 0 spiro atoms. The maximum absolute atomic E-state index is 12.5. The summed E-state index contributed by atoms with van der Waals surface area (Å²) in [7, 11) is 0. The third kappa shape index (κ3) is 6.71. The zero-order valence-corrected chi connectivity index (χ0v) is 18.0. The predicted octanol–water partition coefficient (Wildman–Crippen LogP) is 2.79. The Balaban J connectivity index is 1.47. The third-order valence-electron chi connectivity index (χ3n) is 5.27. The summed E-state index contributed by atoms with van der Waals surface area (Å²) in [6.07, 6.45) is 4.55. The van der Waals surface area contributed by atoms with Crippen molar-refractivity contribution in [1.82, 2.24) is 14.7 Å². The van der Waals surface area contributed by atoms with Gasteiger partial charge < -0.3 is 14.5 Å². The molecule has 0 unspecified atom stereocenters. The van der Waals surface area contributed by atoms with Crippen molar-refractivity contribution in [2.24, 2.45) is 0 Å². The zero-order valence-electron chi connectivity index (χ0n) is 16.5. The first-order valence-electron chi connectivity index (χ1n) is 10.0. The van der Waals surface area contributed by atoms with Crippen LogP contribution in [0.25, 0.3) is 6.08 Å². The van der Waals surface area contributed by atoms with Crippen LogP contribution in [-0.4, -0.2) is 85.5 Å². The average Bonchev–Trinajstić information content (AvgIpc) is 2.91. The van der Waals surface area contributed by atoms with Crippen LogP contribution in [0.4, 0.5) is 0 Å². The van der Waals surface area contributed by atoms with Gasteiger partial charge in [-0.15, -0.1) is 0 Å². The van der Waals surface area contributed by atoms with Crippen molar-refractivity contribution in [3.63, 3.8) is 0 Å². The average molecular weight is 440 g/mol. The third-order valence-corrected chi connectivity index (χ3v) is 6.01. The second-order valence-electron chi connectivity index (χ2n) is 7.27. The number of amides is 2. The Labute approximate surface area is 182 Å². The molecule has 0 N–H and O–H groups in total. The lowest BCUT2D eigenvalue weighted by Crippen LogP contribution is -2.39. The number of benzene rings is 1. The van der Waals surface area contributed by atoms with Crippen LogP contribution in [-0.2, 0) is 14.3 Å². The number of hydrogen-bond acceptors (Lipinski definition) is 4. The van der Waals surface area contributed by atoms with E-state index in [1.807, 2.05) is 4.90 Å². The van der Waals surface area contributed by atoms with Crippen molar-refractivity contribution < 1.29 is 14.3 Å². The minimum atomic E-state index is -0.0981. The van der Waals surface area contributed by atoms with Gasteiger partial charge in [0.05, 0.1) is 23.3 Å². The molecule has 2 aliphatic rings. The molecule has 158 valence electrons. The molecule has 6 nitrogen and oxygen atoms in total. The van der Waals surface area contributed by atoms with Crippen LogP contribution in [0.2, 0.25) is 10.0 Å². The van der Waals surface area contributed by atoms with E-state index < -0.39 is 0 Å². The molecular weight excluding hydrogens is 413 g/mol. The van der Waals surface area contributed by atoms with Gasteiger partial charge in [0.25, 0.3) is 0 Å². The van der Waals surface area contributed by atoms with Gasteiger partial charge in [0.1, 0.15) is 0 Å². The zero-order chi connectivity index (χ0) is 20.6. The van der Waals surface area contributed by atoms with Crippen LogP contribution >= 0.6 is 23.2 Å². The van der Waals surface area contributed by atoms with Gasteiger partial charge in [-0.3, -0.25) is 14.5 Å². The van der Waals surface area contributed by atoms with Crippen LogP contribution in [0.1, 0.15) is 18.4 Å². The molecule has 0 aliphatic carbocycles. The monoisotopic (exact) mass is 439 g/mol. The Morgan fingerprint density at radius 1 is 1.03 bits per heavy atom. The first-order chi connectivity index (χ1) is 14.0. The summed E-state index contributed by atoms with van der Waals surface area (Å²) >= 11 is 11.9. The molecule has 29 heavy (non-hydrogen) atoms. The molecule has 3 rings (SSSR count). The molecule has 2 amide bonds. The van der Waals surface area contributed by atoms with E-state index in [-0.39, 0.29) is 11.8 Å². The summed E-state index contributed by atoms with van der Waals surface area (Å²) in [5, 5.41) is 0.934. The summed E-state index contributed by atoms with van der Waals surface area (Å²) in [6.45, 7) is 6.78. The molecule has 0 aromatic heterocycles. The van der Waals surface area contributed by atoms with Crippen molar-refractivity contribution >= 4 is 41.1 Å². The van der Waals surface area contributed by atoms with E-state index in [1.165, 1.54) is 6.08 Å². The van der Waals surface area contributed by atoms with E-state index in [4.69, 9.17) is 27.9 Å². The van der Waals surface area contributed by atoms with E-state index in [0.29, 0.717) is 36.1 Å². The number of hydrogen-bond donors (Lipinski definition) is 0. The van der Waals surface area contributed by atoms with Crippen molar-refractivity contribution in [2.75, 3.05) is 59.0 Å².